The number of hydrogen-bond donors (Lipinski definition) is 1. The fourth-order valence-electron chi connectivity index (χ4n) is 4.01. The first-order valence-corrected chi connectivity index (χ1v) is 9.99. The molecule has 0 radical (unpaired) electrons. The molecule has 0 fully saturated rings. The van der Waals surface area contributed by atoms with E-state index in [-0.39, 0.29) is 12.1 Å². The molecule has 168 valence electrons. The lowest BCUT2D eigenvalue weighted by Crippen LogP contribution is -2.34. The lowest BCUT2D eigenvalue weighted by Gasteiger charge is -2.22. The van der Waals surface area contributed by atoms with Gasteiger partial charge in [-0.25, -0.2) is 4.79 Å². The number of carboxylic acid groups (broad SMARTS) is 1. The van der Waals surface area contributed by atoms with Crippen LogP contribution in [0.25, 0.3) is 27.8 Å². The number of fused-ring (bicyclic) bond motifs is 3. The molecule has 1 amide bonds. The van der Waals surface area contributed by atoms with Crippen LogP contribution in [0.5, 0.6) is 0 Å². The molecule has 0 atom stereocenters. The zero-order chi connectivity index (χ0) is 23.3. The van der Waals surface area contributed by atoms with E-state index in [4.69, 9.17) is 4.42 Å². The summed E-state index contributed by atoms with van der Waals surface area (Å²) in [6.07, 6.45) is -2.37. The van der Waals surface area contributed by atoms with Crippen molar-refractivity contribution >= 4 is 17.1 Å². The first-order chi connectivity index (χ1) is 15.7. The average Bonchev–Trinajstić information content (AvgIpc) is 3.15. The first kappa shape index (κ1) is 20.8. The minimum atomic E-state index is -4.53. The minimum absolute atomic E-state index is 0.171. The fraction of sp³-hybridized carbons (Fsp3) is 0.174. The second kappa shape index (κ2) is 7.51. The van der Waals surface area contributed by atoms with Crippen molar-refractivity contribution in [3.05, 3.63) is 82.2 Å². The molecule has 4 aromatic rings. The molecular weight excluding hydrogens is 439 g/mol. The molecule has 33 heavy (non-hydrogen) atoms. The van der Waals surface area contributed by atoms with Crippen molar-refractivity contribution in [2.75, 3.05) is 6.54 Å². The van der Waals surface area contributed by atoms with Gasteiger partial charge < -0.3 is 14.4 Å². The van der Waals surface area contributed by atoms with Gasteiger partial charge in [-0.05, 0) is 36.2 Å². The van der Waals surface area contributed by atoms with Crippen molar-refractivity contribution < 1.29 is 27.5 Å². The summed E-state index contributed by atoms with van der Waals surface area (Å²) >= 11 is 0. The van der Waals surface area contributed by atoms with Crippen LogP contribution in [0.2, 0.25) is 0 Å². The van der Waals surface area contributed by atoms with Gasteiger partial charge in [0.1, 0.15) is 17.0 Å². The van der Waals surface area contributed by atoms with Gasteiger partial charge in [-0.1, -0.05) is 6.07 Å². The molecule has 3 aromatic heterocycles. The van der Waals surface area contributed by atoms with Crippen molar-refractivity contribution in [2.45, 2.75) is 19.1 Å². The van der Waals surface area contributed by atoms with Crippen LogP contribution in [-0.4, -0.2) is 32.2 Å². The number of carbonyl (C=O) groups is 1. The lowest BCUT2D eigenvalue weighted by atomic mass is 10.0. The monoisotopic (exact) mass is 455 g/mol. The number of rotatable bonds is 2. The summed E-state index contributed by atoms with van der Waals surface area (Å²) in [6, 6.07) is 10.4. The predicted octanol–water partition coefficient (Wildman–Crippen LogP) is 4.70. The van der Waals surface area contributed by atoms with E-state index in [0.717, 1.165) is 23.2 Å². The molecule has 0 spiro atoms. The topological polar surface area (TPSA) is 88.6 Å². The van der Waals surface area contributed by atoms with Crippen LogP contribution >= 0.6 is 0 Å². The molecule has 10 heteroatoms. The molecular formula is C23H16F3N3O4. The number of benzene rings is 1. The van der Waals surface area contributed by atoms with E-state index >= 15 is 0 Å². The van der Waals surface area contributed by atoms with E-state index < -0.39 is 18.0 Å². The number of amides is 1. The molecule has 0 saturated heterocycles. The van der Waals surface area contributed by atoms with Crippen molar-refractivity contribution in [1.29, 1.82) is 0 Å². The molecule has 0 unspecified atom stereocenters. The van der Waals surface area contributed by atoms with Crippen LogP contribution in [0.15, 0.2) is 64.1 Å². The van der Waals surface area contributed by atoms with Crippen LogP contribution in [-0.2, 0) is 19.1 Å². The Balaban J connectivity index is 1.47. The third-order valence-electron chi connectivity index (χ3n) is 5.68. The first-order valence-electron chi connectivity index (χ1n) is 9.99. The molecule has 0 bridgehead atoms. The van der Waals surface area contributed by atoms with Crippen molar-refractivity contribution in [3.63, 3.8) is 0 Å². The van der Waals surface area contributed by atoms with Crippen molar-refractivity contribution in [3.8, 4) is 16.8 Å². The molecule has 1 aliphatic heterocycles. The van der Waals surface area contributed by atoms with Gasteiger partial charge in [0.25, 0.3) is 5.56 Å². The van der Waals surface area contributed by atoms with Gasteiger partial charge in [0.15, 0.2) is 0 Å². The molecule has 0 saturated carbocycles. The maximum atomic E-state index is 12.7. The largest absolute Gasteiger partial charge is 0.465 e. The second-order valence-electron chi connectivity index (χ2n) is 7.69. The van der Waals surface area contributed by atoms with Gasteiger partial charge in [0, 0.05) is 47.6 Å². The quantitative estimate of drug-likeness (QED) is 0.473. The summed E-state index contributed by atoms with van der Waals surface area (Å²) in [5, 5.41) is 10.1. The van der Waals surface area contributed by atoms with Crippen molar-refractivity contribution in [1.82, 2.24) is 14.5 Å². The lowest BCUT2D eigenvalue weighted by molar-refractivity contribution is -0.141. The summed E-state index contributed by atoms with van der Waals surface area (Å²) < 4.78 is 45.4. The molecule has 1 aliphatic rings. The Bertz CT molecular complexity index is 1440. The number of halogens is 3. The Morgan fingerprint density at radius 1 is 1.09 bits per heavy atom. The summed E-state index contributed by atoms with van der Waals surface area (Å²) in [5.41, 5.74) is 1.52. The molecule has 0 aliphatic carbocycles. The van der Waals surface area contributed by atoms with E-state index in [2.05, 4.69) is 4.98 Å². The van der Waals surface area contributed by atoms with Crippen LogP contribution in [0.1, 0.15) is 17.0 Å². The average molecular weight is 455 g/mol. The van der Waals surface area contributed by atoms with Gasteiger partial charge in [0.2, 0.25) is 0 Å². The number of alkyl halides is 3. The summed E-state index contributed by atoms with van der Waals surface area (Å²) in [7, 11) is 0. The Morgan fingerprint density at radius 3 is 2.58 bits per heavy atom. The highest BCUT2D eigenvalue weighted by atomic mass is 19.4. The number of nitrogens with zero attached hydrogens (tertiary/aromatic N) is 3. The number of aromatic nitrogens is 2. The Labute approximate surface area is 184 Å². The Kier molecular flexibility index (Phi) is 4.73. The normalized spacial score (nSPS) is 13.8. The van der Waals surface area contributed by atoms with E-state index in [0.29, 0.717) is 41.1 Å². The summed E-state index contributed by atoms with van der Waals surface area (Å²) in [5.74, 6) is 0.591. The summed E-state index contributed by atoms with van der Waals surface area (Å²) in [4.78, 5) is 28.7. The standard InChI is InChI=1S/C23H16F3N3O4/c24-23(25,26)20-4-1-14(11-27-20)13-5-8-29(21(30)9-13)15-2-3-16-17-6-7-28(22(31)32)12-19(17)33-18(16)10-15/h1-5,8-11H,6-7,12H2,(H,31,32). The van der Waals surface area contributed by atoms with Gasteiger partial charge in [-0.3, -0.25) is 14.3 Å². The SMILES string of the molecule is O=C(O)N1CCc2c(oc3cc(-n4ccc(-c5ccc(C(F)(F)F)nc5)cc4=O)ccc23)C1. The van der Waals surface area contributed by atoms with Gasteiger partial charge in [-0.15, -0.1) is 0 Å². The van der Waals surface area contributed by atoms with Crippen LogP contribution in [0.4, 0.5) is 18.0 Å². The van der Waals surface area contributed by atoms with Crippen LogP contribution in [0.3, 0.4) is 0 Å². The van der Waals surface area contributed by atoms with E-state index in [1.807, 2.05) is 6.07 Å². The predicted molar refractivity (Wildman–Crippen MR) is 112 cm³/mol. The highest BCUT2D eigenvalue weighted by Gasteiger charge is 2.32. The molecule has 7 nitrogen and oxygen atoms in total. The highest BCUT2D eigenvalue weighted by molar-refractivity contribution is 5.84. The summed E-state index contributed by atoms with van der Waals surface area (Å²) in [6.45, 7) is 0.558. The van der Waals surface area contributed by atoms with Crippen LogP contribution in [0, 0.1) is 0 Å². The minimum Gasteiger partial charge on any atom is -0.465 e. The maximum absolute atomic E-state index is 12.7. The van der Waals surface area contributed by atoms with E-state index in [1.165, 1.54) is 27.8 Å². The molecule has 1 N–H and O–H groups in total. The highest BCUT2D eigenvalue weighted by Crippen LogP contribution is 2.32. The van der Waals surface area contributed by atoms with E-state index in [9.17, 15) is 27.9 Å². The zero-order valence-corrected chi connectivity index (χ0v) is 17.0. The third-order valence-corrected chi connectivity index (χ3v) is 5.68. The van der Waals surface area contributed by atoms with Crippen molar-refractivity contribution in [2.24, 2.45) is 0 Å². The maximum Gasteiger partial charge on any atom is 0.433 e. The fourth-order valence-corrected chi connectivity index (χ4v) is 4.01. The van der Waals surface area contributed by atoms with E-state index in [1.54, 1.807) is 18.2 Å². The smallest absolute Gasteiger partial charge is 0.433 e. The van der Waals surface area contributed by atoms with Crippen LogP contribution < -0.4 is 5.56 Å². The number of pyridine rings is 2. The Morgan fingerprint density at radius 2 is 1.91 bits per heavy atom. The second-order valence-corrected chi connectivity index (χ2v) is 7.69. The van der Waals surface area contributed by atoms with Gasteiger partial charge >= 0.3 is 12.3 Å². The molecule has 4 heterocycles. The molecule has 1 aromatic carbocycles. The zero-order valence-electron chi connectivity index (χ0n) is 17.0. The molecule has 5 rings (SSSR count). The van der Waals surface area contributed by atoms with Gasteiger partial charge in [-0.2, -0.15) is 13.2 Å². The third kappa shape index (κ3) is 3.73. The van der Waals surface area contributed by atoms with Gasteiger partial charge in [0.05, 0.1) is 12.2 Å². The number of furan rings is 1. The Hall–Kier alpha value is -4.08. The number of hydrogen-bond acceptors (Lipinski definition) is 4.